The van der Waals surface area contributed by atoms with Gasteiger partial charge >= 0.3 is 0 Å². The normalized spacial score (nSPS) is 9.00. The molecule has 0 aliphatic carbocycles. The lowest BCUT2D eigenvalue weighted by Crippen LogP contribution is -2.06. The van der Waals surface area contributed by atoms with Crippen LogP contribution in [0.1, 0.15) is 0 Å². The van der Waals surface area contributed by atoms with Crippen LogP contribution in [0, 0.1) is 0 Å². The molecule has 0 saturated carbocycles. The van der Waals surface area contributed by atoms with Crippen molar-refractivity contribution < 1.29 is 14.2 Å². The van der Waals surface area contributed by atoms with Crippen LogP contribution in [0.2, 0.25) is 0 Å². The maximum Gasteiger partial charge on any atom is 0.0701 e. The van der Waals surface area contributed by atoms with E-state index >= 15 is 0 Å². The van der Waals surface area contributed by atoms with Gasteiger partial charge in [0.2, 0.25) is 0 Å². The van der Waals surface area contributed by atoms with Gasteiger partial charge in [0.1, 0.15) is 0 Å². The Morgan fingerprint density at radius 2 is 1.20 bits per heavy atom. The van der Waals surface area contributed by atoms with Crippen LogP contribution in [0.4, 0.5) is 0 Å². The van der Waals surface area contributed by atoms with E-state index in [4.69, 9.17) is 14.2 Å². The molecule has 0 bridgehead atoms. The van der Waals surface area contributed by atoms with Crippen molar-refractivity contribution in [1.82, 2.24) is 0 Å². The first-order valence-electron chi connectivity index (χ1n) is 2.97. The minimum atomic E-state index is 0. The van der Waals surface area contributed by atoms with Crippen LogP contribution in [0.25, 0.3) is 0 Å². The molecule has 0 fully saturated rings. The predicted octanol–water partition coefficient (Wildman–Crippen LogP) is -0.0850. The topological polar surface area (TPSA) is 27.7 Å². The molecule has 0 aromatic heterocycles. The zero-order chi connectivity index (χ0) is 6.95. The maximum atomic E-state index is 5.06. The fourth-order valence-corrected chi connectivity index (χ4v) is 0.387. The van der Waals surface area contributed by atoms with Crippen LogP contribution in [-0.2, 0) is 14.2 Å². The van der Waals surface area contributed by atoms with Gasteiger partial charge in [0.15, 0.2) is 0 Å². The molecule has 0 unspecified atom stereocenters. The first-order chi connectivity index (χ1) is 4.41. The van der Waals surface area contributed by atoms with Gasteiger partial charge in [0.05, 0.1) is 26.4 Å². The Labute approximate surface area is 78.2 Å². The summed E-state index contributed by atoms with van der Waals surface area (Å²) in [5, 5.41) is 0. The van der Waals surface area contributed by atoms with E-state index in [-0.39, 0.29) is 23.1 Å². The van der Waals surface area contributed by atoms with Crippen LogP contribution in [0.3, 0.4) is 0 Å². The number of ether oxygens (including phenoxy) is 3. The van der Waals surface area contributed by atoms with Crippen LogP contribution < -0.4 is 0 Å². The molecule has 0 aliphatic rings. The number of methoxy groups -OCH3 is 2. The first kappa shape index (κ1) is 13.3. The Kier molecular flexibility index (Phi) is 16.3. The molecular formula is C6H14MgO3. The summed E-state index contributed by atoms with van der Waals surface area (Å²) in [5.74, 6) is 0. The Hall–Kier alpha value is 0.646. The summed E-state index contributed by atoms with van der Waals surface area (Å²) in [6.07, 6.45) is 0. The zero-order valence-electron chi connectivity index (χ0n) is 6.76. The van der Waals surface area contributed by atoms with E-state index in [1.54, 1.807) is 14.2 Å². The average molecular weight is 158 g/mol. The van der Waals surface area contributed by atoms with E-state index in [0.717, 1.165) is 0 Å². The number of rotatable bonds is 6. The van der Waals surface area contributed by atoms with Crippen molar-refractivity contribution >= 4 is 23.1 Å². The van der Waals surface area contributed by atoms with E-state index in [9.17, 15) is 0 Å². The molecule has 4 heteroatoms. The van der Waals surface area contributed by atoms with E-state index in [1.165, 1.54) is 0 Å². The molecule has 0 N–H and O–H groups in total. The highest BCUT2D eigenvalue weighted by Gasteiger charge is 1.84. The second-order valence-corrected chi connectivity index (χ2v) is 1.60. The zero-order valence-corrected chi connectivity index (χ0v) is 8.17. The van der Waals surface area contributed by atoms with Gasteiger partial charge in [-0.2, -0.15) is 0 Å². The highest BCUT2D eigenvalue weighted by Crippen LogP contribution is 1.75. The Balaban J connectivity index is 0. The lowest BCUT2D eigenvalue weighted by atomic mass is 10.7. The summed E-state index contributed by atoms with van der Waals surface area (Å²) in [4.78, 5) is 0. The second kappa shape index (κ2) is 12.3. The van der Waals surface area contributed by atoms with Crippen LogP contribution in [0.5, 0.6) is 0 Å². The lowest BCUT2D eigenvalue weighted by Gasteiger charge is -2.00. The fourth-order valence-electron chi connectivity index (χ4n) is 0.387. The molecule has 0 aromatic rings. The van der Waals surface area contributed by atoms with E-state index < -0.39 is 0 Å². The third-order valence-corrected chi connectivity index (χ3v) is 0.864. The van der Waals surface area contributed by atoms with Gasteiger partial charge in [-0.05, 0) is 0 Å². The van der Waals surface area contributed by atoms with E-state index in [2.05, 4.69) is 0 Å². The third-order valence-electron chi connectivity index (χ3n) is 0.864. The summed E-state index contributed by atoms with van der Waals surface area (Å²) in [5.41, 5.74) is 0. The molecule has 0 aliphatic heterocycles. The molecule has 0 saturated heterocycles. The van der Waals surface area contributed by atoms with Gasteiger partial charge in [-0.25, -0.2) is 0 Å². The van der Waals surface area contributed by atoms with Crippen molar-refractivity contribution in [2.45, 2.75) is 0 Å². The SMILES string of the molecule is COCCOCCOC.[Mg]. The third kappa shape index (κ3) is 11.4. The van der Waals surface area contributed by atoms with Crippen molar-refractivity contribution in [2.24, 2.45) is 0 Å². The highest BCUT2D eigenvalue weighted by atomic mass is 24.3. The molecular weight excluding hydrogens is 144 g/mol. The van der Waals surface area contributed by atoms with Crippen LogP contribution in [0.15, 0.2) is 0 Å². The van der Waals surface area contributed by atoms with Gasteiger partial charge in [-0.1, -0.05) is 0 Å². The Morgan fingerprint density at radius 1 is 0.800 bits per heavy atom. The average Bonchev–Trinajstić information content (AvgIpc) is 1.89. The molecule has 0 aromatic carbocycles. The molecule has 0 rings (SSSR count). The standard InChI is InChI=1S/C6H14O3.Mg/c1-7-3-5-9-6-4-8-2;/h3-6H2,1-2H3;. The monoisotopic (exact) mass is 158 g/mol. The van der Waals surface area contributed by atoms with Crippen molar-refractivity contribution in [2.75, 3.05) is 40.6 Å². The highest BCUT2D eigenvalue weighted by molar-refractivity contribution is 5.75. The number of hydrogen-bond donors (Lipinski definition) is 0. The molecule has 3 nitrogen and oxygen atoms in total. The number of hydrogen-bond acceptors (Lipinski definition) is 3. The predicted molar refractivity (Wildman–Crippen MR) is 40.3 cm³/mol. The second-order valence-electron chi connectivity index (χ2n) is 1.60. The summed E-state index contributed by atoms with van der Waals surface area (Å²) in [7, 11) is 3.30. The quantitative estimate of drug-likeness (QED) is 0.400. The fraction of sp³-hybridized carbons (Fsp3) is 1.00. The van der Waals surface area contributed by atoms with E-state index in [1.807, 2.05) is 0 Å². The van der Waals surface area contributed by atoms with Crippen molar-refractivity contribution in [3.63, 3.8) is 0 Å². The molecule has 10 heavy (non-hydrogen) atoms. The maximum absolute atomic E-state index is 5.06. The molecule has 58 valence electrons. The molecule has 0 heterocycles. The first-order valence-corrected chi connectivity index (χ1v) is 2.97. The van der Waals surface area contributed by atoms with Gasteiger partial charge in [0, 0.05) is 37.3 Å². The summed E-state index contributed by atoms with van der Waals surface area (Å²) in [6, 6.07) is 0. The van der Waals surface area contributed by atoms with Gasteiger partial charge in [0.25, 0.3) is 0 Å². The molecule has 0 amide bonds. The molecule has 2 radical (unpaired) electrons. The van der Waals surface area contributed by atoms with Crippen LogP contribution in [-0.4, -0.2) is 63.7 Å². The summed E-state index contributed by atoms with van der Waals surface area (Å²) < 4.78 is 14.6. The van der Waals surface area contributed by atoms with Gasteiger partial charge in [-0.3, -0.25) is 0 Å². The summed E-state index contributed by atoms with van der Waals surface area (Å²) >= 11 is 0. The molecule has 0 spiro atoms. The van der Waals surface area contributed by atoms with Gasteiger partial charge in [-0.15, -0.1) is 0 Å². The molecule has 0 atom stereocenters. The minimum Gasteiger partial charge on any atom is -0.382 e. The van der Waals surface area contributed by atoms with E-state index in [0.29, 0.717) is 26.4 Å². The van der Waals surface area contributed by atoms with Crippen LogP contribution >= 0.6 is 0 Å². The Bertz CT molecular complexity index is 46.3. The lowest BCUT2D eigenvalue weighted by molar-refractivity contribution is 0.0385. The Morgan fingerprint density at radius 3 is 1.50 bits per heavy atom. The minimum absolute atomic E-state index is 0. The smallest absolute Gasteiger partial charge is 0.0701 e. The van der Waals surface area contributed by atoms with Crippen molar-refractivity contribution in [1.29, 1.82) is 0 Å². The largest absolute Gasteiger partial charge is 0.382 e. The summed E-state index contributed by atoms with van der Waals surface area (Å²) in [6.45, 7) is 2.62. The van der Waals surface area contributed by atoms with Crippen molar-refractivity contribution in [3.05, 3.63) is 0 Å². The van der Waals surface area contributed by atoms with Crippen molar-refractivity contribution in [3.8, 4) is 0 Å². The van der Waals surface area contributed by atoms with Gasteiger partial charge < -0.3 is 14.2 Å².